The molecule has 7 nitrogen and oxygen atoms in total. The number of amides is 3. The molecule has 144 valence electrons. The van der Waals surface area contributed by atoms with Gasteiger partial charge in [0.25, 0.3) is 5.91 Å². The van der Waals surface area contributed by atoms with Crippen LogP contribution in [-0.2, 0) is 23.9 Å². The number of hydrogen-bond acceptors (Lipinski definition) is 5. The second-order valence-corrected chi connectivity index (χ2v) is 7.36. The first-order chi connectivity index (χ1) is 12.9. The highest BCUT2D eigenvalue weighted by Gasteiger charge is 2.48. The largest absolute Gasteiger partial charge is 0.454 e. The van der Waals surface area contributed by atoms with Gasteiger partial charge in [0.1, 0.15) is 6.54 Å². The number of fused-ring (bicyclic) bond motifs is 1. The monoisotopic (exact) mass is 392 g/mol. The third kappa shape index (κ3) is 4.30. The zero-order valence-electron chi connectivity index (χ0n) is 15.0. The Hall–Kier alpha value is -2.41. The number of esters is 1. The normalized spacial score (nSPS) is 21.8. The fourth-order valence-corrected chi connectivity index (χ4v) is 3.89. The van der Waals surface area contributed by atoms with E-state index in [0.717, 1.165) is 23.3 Å². The van der Waals surface area contributed by atoms with Crippen molar-refractivity contribution in [1.29, 1.82) is 0 Å². The van der Waals surface area contributed by atoms with Gasteiger partial charge in [0.05, 0.1) is 11.8 Å². The lowest BCUT2D eigenvalue weighted by Gasteiger charge is -2.19. The minimum absolute atomic E-state index is 0.303. The van der Waals surface area contributed by atoms with E-state index in [9.17, 15) is 19.2 Å². The zero-order chi connectivity index (χ0) is 19.6. The topological polar surface area (TPSA) is 92.8 Å². The molecule has 0 spiro atoms. The van der Waals surface area contributed by atoms with E-state index in [-0.39, 0.29) is 23.7 Å². The number of imide groups is 1. The van der Waals surface area contributed by atoms with Gasteiger partial charge in [0, 0.05) is 10.7 Å². The Labute approximate surface area is 162 Å². The molecule has 2 aliphatic rings. The van der Waals surface area contributed by atoms with E-state index in [4.69, 9.17) is 16.3 Å². The second kappa shape index (κ2) is 8.08. The Kier molecular flexibility index (Phi) is 5.79. The number of ether oxygens (including phenoxy) is 1. The summed E-state index contributed by atoms with van der Waals surface area (Å²) in [6.45, 7) is 0.847. The van der Waals surface area contributed by atoms with Gasteiger partial charge >= 0.3 is 5.97 Å². The number of nitrogens with one attached hydrogen (secondary N) is 1. The van der Waals surface area contributed by atoms with Gasteiger partial charge in [-0.2, -0.15) is 0 Å². The summed E-state index contributed by atoms with van der Waals surface area (Å²) in [6.07, 6.45) is 3.21. The molecule has 1 heterocycles. The van der Waals surface area contributed by atoms with Gasteiger partial charge in [-0.15, -0.1) is 0 Å². The molecule has 8 heteroatoms. The molecule has 3 rings (SSSR count). The SMILES string of the molecule is Cc1cc(Cl)ccc1NC(=O)COC(=O)CN1C(=O)[C@H]2CCCC[C@H]2C1=O. The predicted octanol–water partition coefficient (Wildman–Crippen LogP) is 2.31. The predicted molar refractivity (Wildman–Crippen MR) is 97.9 cm³/mol. The highest BCUT2D eigenvalue weighted by molar-refractivity contribution is 6.30. The lowest BCUT2D eigenvalue weighted by atomic mass is 9.81. The minimum atomic E-state index is -0.779. The number of aryl methyl sites for hydroxylation is 1. The first-order valence-corrected chi connectivity index (χ1v) is 9.31. The Balaban J connectivity index is 1.50. The summed E-state index contributed by atoms with van der Waals surface area (Å²) in [5.74, 6) is -2.52. The summed E-state index contributed by atoms with van der Waals surface area (Å²) in [5.41, 5.74) is 1.34. The van der Waals surface area contributed by atoms with Gasteiger partial charge in [0.2, 0.25) is 11.8 Å². The number of nitrogens with zero attached hydrogens (tertiary/aromatic N) is 1. The van der Waals surface area contributed by atoms with Crippen molar-refractivity contribution in [3.63, 3.8) is 0 Å². The van der Waals surface area contributed by atoms with Crippen molar-refractivity contribution in [2.24, 2.45) is 11.8 Å². The fraction of sp³-hybridized carbons (Fsp3) is 0.474. The first-order valence-electron chi connectivity index (χ1n) is 8.93. The van der Waals surface area contributed by atoms with Crippen LogP contribution in [0.1, 0.15) is 31.2 Å². The van der Waals surface area contributed by atoms with Crippen molar-refractivity contribution < 1.29 is 23.9 Å². The van der Waals surface area contributed by atoms with Crippen LogP contribution in [0.4, 0.5) is 5.69 Å². The lowest BCUT2D eigenvalue weighted by molar-refractivity contribution is -0.154. The number of anilines is 1. The van der Waals surface area contributed by atoms with Crippen LogP contribution in [0, 0.1) is 18.8 Å². The highest BCUT2D eigenvalue weighted by atomic mass is 35.5. The maximum Gasteiger partial charge on any atom is 0.326 e. The highest BCUT2D eigenvalue weighted by Crippen LogP contribution is 2.37. The van der Waals surface area contributed by atoms with Crippen LogP contribution >= 0.6 is 11.6 Å². The molecule has 1 saturated carbocycles. The van der Waals surface area contributed by atoms with Gasteiger partial charge < -0.3 is 10.1 Å². The Bertz CT molecular complexity index is 770. The summed E-state index contributed by atoms with van der Waals surface area (Å²) in [7, 11) is 0. The van der Waals surface area contributed by atoms with Crippen molar-refractivity contribution in [1.82, 2.24) is 4.90 Å². The Morgan fingerprint density at radius 2 is 1.81 bits per heavy atom. The van der Waals surface area contributed by atoms with Gasteiger partial charge in [-0.3, -0.25) is 24.1 Å². The molecule has 0 bridgehead atoms. The molecule has 1 aromatic carbocycles. The molecule has 2 fully saturated rings. The van der Waals surface area contributed by atoms with Crippen molar-refractivity contribution in [2.45, 2.75) is 32.6 Å². The molecule has 2 atom stereocenters. The molecule has 1 saturated heterocycles. The number of benzene rings is 1. The van der Waals surface area contributed by atoms with Crippen molar-refractivity contribution in [2.75, 3.05) is 18.5 Å². The number of halogens is 1. The van der Waals surface area contributed by atoms with Gasteiger partial charge in [-0.25, -0.2) is 0 Å². The molecule has 1 N–H and O–H groups in total. The van der Waals surface area contributed by atoms with E-state index in [1.165, 1.54) is 0 Å². The van der Waals surface area contributed by atoms with Crippen LogP contribution in [0.3, 0.4) is 0 Å². The number of likely N-dealkylation sites (tertiary alicyclic amines) is 1. The van der Waals surface area contributed by atoms with Crippen LogP contribution in [0.2, 0.25) is 5.02 Å². The lowest BCUT2D eigenvalue weighted by Crippen LogP contribution is -2.37. The zero-order valence-corrected chi connectivity index (χ0v) is 15.8. The van der Waals surface area contributed by atoms with Crippen molar-refractivity contribution >= 4 is 41.0 Å². The molecule has 0 radical (unpaired) electrons. The van der Waals surface area contributed by atoms with Crippen LogP contribution in [0.15, 0.2) is 18.2 Å². The molecule has 1 aliphatic carbocycles. The van der Waals surface area contributed by atoms with E-state index < -0.39 is 25.0 Å². The molecule has 1 aliphatic heterocycles. The minimum Gasteiger partial charge on any atom is -0.454 e. The van der Waals surface area contributed by atoms with E-state index in [0.29, 0.717) is 23.6 Å². The third-order valence-electron chi connectivity index (χ3n) is 5.05. The molecular weight excluding hydrogens is 372 g/mol. The maximum atomic E-state index is 12.3. The van der Waals surface area contributed by atoms with E-state index in [2.05, 4.69) is 5.32 Å². The summed E-state index contributed by atoms with van der Waals surface area (Å²) in [4.78, 5) is 49.6. The van der Waals surface area contributed by atoms with Gasteiger partial charge in [-0.05, 0) is 43.5 Å². The molecule has 0 unspecified atom stereocenters. The Morgan fingerprint density at radius 1 is 1.19 bits per heavy atom. The van der Waals surface area contributed by atoms with Crippen LogP contribution in [0.5, 0.6) is 0 Å². The average molecular weight is 393 g/mol. The van der Waals surface area contributed by atoms with Crippen LogP contribution in [-0.4, -0.2) is 41.7 Å². The quantitative estimate of drug-likeness (QED) is 0.613. The number of carbonyl (C=O) groups excluding carboxylic acids is 4. The number of carbonyl (C=O) groups is 4. The number of hydrogen-bond donors (Lipinski definition) is 1. The summed E-state index contributed by atoms with van der Waals surface area (Å²) in [5, 5.41) is 3.18. The van der Waals surface area contributed by atoms with Crippen LogP contribution in [0.25, 0.3) is 0 Å². The smallest absolute Gasteiger partial charge is 0.326 e. The second-order valence-electron chi connectivity index (χ2n) is 6.93. The van der Waals surface area contributed by atoms with Crippen molar-refractivity contribution in [3.05, 3.63) is 28.8 Å². The molecule has 27 heavy (non-hydrogen) atoms. The van der Waals surface area contributed by atoms with Gasteiger partial charge in [0.15, 0.2) is 6.61 Å². The summed E-state index contributed by atoms with van der Waals surface area (Å²) in [6, 6.07) is 4.99. The van der Waals surface area contributed by atoms with Gasteiger partial charge in [-0.1, -0.05) is 24.4 Å². The van der Waals surface area contributed by atoms with E-state index >= 15 is 0 Å². The molecule has 1 aromatic rings. The maximum absolute atomic E-state index is 12.3. The molecular formula is C19H21ClN2O5. The third-order valence-corrected chi connectivity index (χ3v) is 5.28. The molecule has 3 amide bonds. The number of rotatable bonds is 5. The molecule has 0 aromatic heterocycles. The Morgan fingerprint density at radius 3 is 2.41 bits per heavy atom. The first kappa shape index (κ1) is 19.4. The standard InChI is InChI=1S/C19H21ClN2O5/c1-11-8-12(20)6-7-15(11)21-16(23)10-27-17(24)9-22-18(25)13-4-2-3-5-14(13)19(22)26/h6-8,13-14H,2-5,9-10H2,1H3,(H,21,23)/t13-,14+. The van der Waals surface area contributed by atoms with Crippen molar-refractivity contribution in [3.8, 4) is 0 Å². The van der Waals surface area contributed by atoms with Crippen LogP contribution < -0.4 is 5.32 Å². The fourth-order valence-electron chi connectivity index (χ4n) is 3.66. The summed E-state index contributed by atoms with van der Waals surface area (Å²) >= 11 is 5.86. The van der Waals surface area contributed by atoms with E-state index in [1.807, 2.05) is 0 Å². The van der Waals surface area contributed by atoms with E-state index in [1.54, 1.807) is 25.1 Å². The summed E-state index contributed by atoms with van der Waals surface area (Å²) < 4.78 is 4.93. The average Bonchev–Trinajstić information content (AvgIpc) is 2.88.